The molecule has 0 spiro atoms. The van der Waals surface area contributed by atoms with E-state index in [4.69, 9.17) is 4.74 Å². The number of nitrogens with one attached hydrogen (secondary N) is 1. The van der Waals surface area contributed by atoms with Crippen molar-refractivity contribution in [2.24, 2.45) is 0 Å². The highest BCUT2D eigenvalue weighted by atomic mass is 16.5. The summed E-state index contributed by atoms with van der Waals surface area (Å²) in [5, 5.41) is 2.64. The number of nitrogens with zero attached hydrogens (tertiary/aromatic N) is 2. The van der Waals surface area contributed by atoms with Crippen LogP contribution in [0.2, 0.25) is 0 Å². The van der Waals surface area contributed by atoms with Gasteiger partial charge in [-0.3, -0.25) is 14.5 Å². The van der Waals surface area contributed by atoms with Crippen LogP contribution in [0.15, 0.2) is 54.6 Å². The van der Waals surface area contributed by atoms with Gasteiger partial charge in [-0.2, -0.15) is 0 Å². The lowest BCUT2D eigenvalue weighted by Crippen LogP contribution is -2.51. The Hall–Kier alpha value is -2.86. The molecule has 2 aromatic carbocycles. The fraction of sp³-hybridized carbons (Fsp3) is 0.300. The molecule has 1 N–H and O–H groups in total. The normalized spacial score (nSPS) is 14.7. The molecular weight excluding hydrogens is 330 g/mol. The minimum atomic E-state index is -0.616. The van der Waals surface area contributed by atoms with Crippen LogP contribution in [0.5, 0.6) is 5.75 Å². The number of methoxy groups -OCH3 is 1. The van der Waals surface area contributed by atoms with Gasteiger partial charge in [0.2, 0.25) is 0 Å². The van der Waals surface area contributed by atoms with Crippen LogP contribution in [-0.2, 0) is 16.1 Å². The van der Waals surface area contributed by atoms with Gasteiger partial charge in [0.1, 0.15) is 5.75 Å². The second-order valence-electron chi connectivity index (χ2n) is 6.24. The fourth-order valence-corrected chi connectivity index (χ4v) is 2.98. The lowest BCUT2D eigenvalue weighted by Gasteiger charge is -2.34. The van der Waals surface area contributed by atoms with E-state index < -0.39 is 11.8 Å². The summed E-state index contributed by atoms with van der Waals surface area (Å²) in [5.74, 6) is -0.480. The number of ether oxygens (including phenoxy) is 1. The number of piperazine rings is 1. The zero-order valence-corrected chi connectivity index (χ0v) is 14.9. The molecule has 0 saturated carbocycles. The largest absolute Gasteiger partial charge is 0.497 e. The van der Waals surface area contributed by atoms with E-state index in [1.54, 1.807) is 36.3 Å². The molecule has 1 aliphatic rings. The number of carbonyl (C=O) groups excluding carboxylic acids is 2. The number of hydrogen-bond donors (Lipinski definition) is 1. The van der Waals surface area contributed by atoms with Gasteiger partial charge in [-0.15, -0.1) is 0 Å². The van der Waals surface area contributed by atoms with Crippen molar-refractivity contribution in [3.05, 3.63) is 60.2 Å². The Bertz CT molecular complexity index is 756. The summed E-state index contributed by atoms with van der Waals surface area (Å²) in [6.07, 6.45) is 0. The average molecular weight is 353 g/mol. The number of benzene rings is 2. The molecule has 1 heterocycles. The monoisotopic (exact) mass is 353 g/mol. The third-order valence-electron chi connectivity index (χ3n) is 4.43. The Morgan fingerprint density at radius 2 is 1.73 bits per heavy atom. The van der Waals surface area contributed by atoms with Gasteiger partial charge >= 0.3 is 11.8 Å². The van der Waals surface area contributed by atoms with E-state index in [1.807, 2.05) is 18.2 Å². The molecule has 136 valence electrons. The van der Waals surface area contributed by atoms with Crippen LogP contribution >= 0.6 is 0 Å². The lowest BCUT2D eigenvalue weighted by molar-refractivity contribution is -0.144. The van der Waals surface area contributed by atoms with E-state index in [0.29, 0.717) is 24.5 Å². The van der Waals surface area contributed by atoms with Gasteiger partial charge in [-0.05, 0) is 17.7 Å². The van der Waals surface area contributed by atoms with Gasteiger partial charge in [0, 0.05) is 44.5 Å². The van der Waals surface area contributed by atoms with Crippen LogP contribution in [0.25, 0.3) is 0 Å². The fourth-order valence-electron chi connectivity index (χ4n) is 2.98. The number of anilines is 1. The van der Waals surface area contributed by atoms with Gasteiger partial charge in [0.25, 0.3) is 0 Å². The number of hydrogen-bond acceptors (Lipinski definition) is 4. The molecule has 3 rings (SSSR count). The van der Waals surface area contributed by atoms with Crippen molar-refractivity contribution in [3.63, 3.8) is 0 Å². The highest BCUT2D eigenvalue weighted by Crippen LogP contribution is 2.17. The van der Waals surface area contributed by atoms with E-state index in [1.165, 1.54) is 5.56 Å². The molecular formula is C20H23N3O3. The maximum absolute atomic E-state index is 12.4. The van der Waals surface area contributed by atoms with Gasteiger partial charge in [0.15, 0.2) is 0 Å². The first kappa shape index (κ1) is 17.9. The van der Waals surface area contributed by atoms with Crippen LogP contribution in [0, 0.1) is 0 Å². The first-order chi connectivity index (χ1) is 12.7. The molecule has 0 radical (unpaired) electrons. The Morgan fingerprint density at radius 3 is 2.42 bits per heavy atom. The molecule has 6 nitrogen and oxygen atoms in total. The minimum absolute atomic E-state index is 0.493. The van der Waals surface area contributed by atoms with Crippen molar-refractivity contribution >= 4 is 17.5 Å². The maximum Gasteiger partial charge on any atom is 0.313 e. The molecule has 1 aliphatic heterocycles. The molecule has 6 heteroatoms. The second kappa shape index (κ2) is 8.49. The van der Waals surface area contributed by atoms with Crippen molar-refractivity contribution < 1.29 is 14.3 Å². The third kappa shape index (κ3) is 4.61. The molecule has 1 fully saturated rings. The van der Waals surface area contributed by atoms with Crippen molar-refractivity contribution in [2.45, 2.75) is 6.54 Å². The van der Waals surface area contributed by atoms with Crippen LogP contribution < -0.4 is 10.1 Å². The molecule has 0 aliphatic carbocycles. The average Bonchev–Trinajstić information content (AvgIpc) is 2.69. The van der Waals surface area contributed by atoms with Crippen molar-refractivity contribution in [1.29, 1.82) is 0 Å². The van der Waals surface area contributed by atoms with Gasteiger partial charge in [-0.25, -0.2) is 0 Å². The molecule has 2 amide bonds. The van der Waals surface area contributed by atoms with Crippen LogP contribution in [-0.4, -0.2) is 54.9 Å². The van der Waals surface area contributed by atoms with Crippen LogP contribution in [0.3, 0.4) is 0 Å². The SMILES string of the molecule is COc1cccc(NC(=O)C(=O)N2CCN(Cc3ccccc3)CC2)c1. The second-order valence-corrected chi connectivity index (χ2v) is 6.24. The van der Waals surface area contributed by atoms with Crippen molar-refractivity contribution in [2.75, 3.05) is 38.6 Å². The minimum Gasteiger partial charge on any atom is -0.497 e. The van der Waals surface area contributed by atoms with Gasteiger partial charge in [0.05, 0.1) is 7.11 Å². The maximum atomic E-state index is 12.4. The summed E-state index contributed by atoms with van der Waals surface area (Å²) >= 11 is 0. The Kier molecular flexibility index (Phi) is 5.86. The van der Waals surface area contributed by atoms with E-state index in [-0.39, 0.29) is 0 Å². The Morgan fingerprint density at radius 1 is 1.00 bits per heavy atom. The van der Waals surface area contributed by atoms with Gasteiger partial charge in [-0.1, -0.05) is 36.4 Å². The topological polar surface area (TPSA) is 61.9 Å². The molecule has 1 saturated heterocycles. The summed E-state index contributed by atoms with van der Waals surface area (Å²) < 4.78 is 5.12. The number of amides is 2. The smallest absolute Gasteiger partial charge is 0.313 e. The Labute approximate surface area is 153 Å². The van der Waals surface area contributed by atoms with E-state index in [9.17, 15) is 9.59 Å². The first-order valence-electron chi connectivity index (χ1n) is 8.66. The molecule has 0 aromatic heterocycles. The summed E-state index contributed by atoms with van der Waals surface area (Å²) in [7, 11) is 1.56. The molecule has 2 aromatic rings. The van der Waals surface area contributed by atoms with Crippen molar-refractivity contribution in [1.82, 2.24) is 9.80 Å². The summed E-state index contributed by atoms with van der Waals surface area (Å²) in [6, 6.07) is 17.2. The summed E-state index contributed by atoms with van der Waals surface area (Å²) in [4.78, 5) is 28.5. The van der Waals surface area contributed by atoms with Crippen LogP contribution in [0.4, 0.5) is 5.69 Å². The molecule has 0 atom stereocenters. The summed E-state index contributed by atoms with van der Waals surface area (Å²) in [5.41, 5.74) is 1.80. The summed E-state index contributed by atoms with van der Waals surface area (Å²) in [6.45, 7) is 3.48. The van der Waals surface area contributed by atoms with Crippen molar-refractivity contribution in [3.8, 4) is 5.75 Å². The zero-order valence-electron chi connectivity index (χ0n) is 14.9. The first-order valence-corrected chi connectivity index (χ1v) is 8.66. The van der Waals surface area contributed by atoms with E-state index in [0.717, 1.165) is 19.6 Å². The molecule has 26 heavy (non-hydrogen) atoms. The third-order valence-corrected chi connectivity index (χ3v) is 4.43. The van der Waals surface area contributed by atoms with E-state index in [2.05, 4.69) is 22.3 Å². The van der Waals surface area contributed by atoms with Gasteiger partial charge < -0.3 is 15.0 Å². The Balaban J connectivity index is 1.50. The highest BCUT2D eigenvalue weighted by Gasteiger charge is 2.26. The predicted octanol–water partition coefficient (Wildman–Crippen LogP) is 1.98. The zero-order chi connectivity index (χ0) is 18.4. The highest BCUT2D eigenvalue weighted by molar-refractivity contribution is 6.39. The number of rotatable bonds is 4. The molecule has 0 bridgehead atoms. The van der Waals surface area contributed by atoms with E-state index >= 15 is 0 Å². The van der Waals surface area contributed by atoms with Crippen LogP contribution in [0.1, 0.15) is 5.56 Å². The lowest BCUT2D eigenvalue weighted by atomic mass is 10.2. The molecule has 0 unspecified atom stereocenters. The number of carbonyl (C=O) groups is 2. The predicted molar refractivity (Wildman–Crippen MR) is 99.9 cm³/mol. The standard InChI is InChI=1S/C20H23N3O3/c1-26-18-9-5-8-17(14-18)21-19(24)20(25)23-12-10-22(11-13-23)15-16-6-3-2-4-7-16/h2-9,14H,10-13,15H2,1H3,(H,21,24). The quantitative estimate of drug-likeness (QED) is 0.854.